The lowest BCUT2D eigenvalue weighted by atomic mass is 10.0. The van der Waals surface area contributed by atoms with E-state index in [9.17, 15) is 0 Å². The second-order valence-corrected chi connectivity index (χ2v) is 5.19. The minimum Gasteiger partial charge on any atom is -0.271 e. The van der Waals surface area contributed by atoms with Crippen molar-refractivity contribution in [3.63, 3.8) is 0 Å². The van der Waals surface area contributed by atoms with E-state index in [1.54, 1.807) is 4.68 Å². The van der Waals surface area contributed by atoms with Gasteiger partial charge in [-0.1, -0.05) is 33.3 Å². The predicted octanol–water partition coefficient (Wildman–Crippen LogP) is 1.63. The zero-order chi connectivity index (χ0) is 13.1. The largest absolute Gasteiger partial charge is 0.271 e. The molecule has 0 bridgehead atoms. The molecule has 1 atom stereocenters. The Morgan fingerprint density at radius 2 is 2.28 bits per heavy atom. The normalized spacial score (nSPS) is 12.7. The molecule has 0 amide bonds. The molecule has 6 heteroatoms. The Hall–Kier alpha value is -1.24. The van der Waals surface area contributed by atoms with Gasteiger partial charge in [0.2, 0.25) is 0 Å². The zero-order valence-corrected chi connectivity index (χ0v) is 12.0. The van der Waals surface area contributed by atoms with Crippen molar-refractivity contribution in [2.24, 2.45) is 12.9 Å². The SMILES string of the molecule is Cc1ccc(C(Cc2cn(C)nn2)NN)c(Br)c1. The smallest absolute Gasteiger partial charge is 0.0846 e. The summed E-state index contributed by atoms with van der Waals surface area (Å²) in [5.74, 6) is 5.64. The van der Waals surface area contributed by atoms with Crippen LogP contribution in [0.25, 0.3) is 0 Å². The van der Waals surface area contributed by atoms with E-state index in [1.807, 2.05) is 13.2 Å². The lowest BCUT2D eigenvalue weighted by Gasteiger charge is -2.17. The van der Waals surface area contributed by atoms with E-state index >= 15 is 0 Å². The molecular weight excluding hydrogens is 294 g/mol. The number of hydrazine groups is 1. The van der Waals surface area contributed by atoms with Gasteiger partial charge < -0.3 is 0 Å². The van der Waals surface area contributed by atoms with Crippen LogP contribution in [0.2, 0.25) is 0 Å². The highest BCUT2D eigenvalue weighted by molar-refractivity contribution is 9.10. The van der Waals surface area contributed by atoms with E-state index in [-0.39, 0.29) is 6.04 Å². The first-order valence-corrected chi connectivity index (χ1v) is 6.47. The summed E-state index contributed by atoms with van der Waals surface area (Å²) < 4.78 is 2.74. The molecule has 0 aliphatic rings. The molecule has 2 aromatic rings. The Morgan fingerprint density at radius 3 is 2.83 bits per heavy atom. The van der Waals surface area contributed by atoms with Crippen LogP contribution in [0.5, 0.6) is 0 Å². The monoisotopic (exact) mass is 309 g/mol. The van der Waals surface area contributed by atoms with Crippen LogP contribution >= 0.6 is 15.9 Å². The van der Waals surface area contributed by atoms with Gasteiger partial charge in [0.1, 0.15) is 0 Å². The fourth-order valence-corrected chi connectivity index (χ4v) is 2.64. The Balaban J connectivity index is 2.22. The average molecular weight is 310 g/mol. The number of hydrogen-bond acceptors (Lipinski definition) is 4. The molecular formula is C12H16BrN5. The van der Waals surface area contributed by atoms with Gasteiger partial charge in [-0.25, -0.2) is 0 Å². The maximum atomic E-state index is 5.64. The highest BCUT2D eigenvalue weighted by Crippen LogP contribution is 2.26. The van der Waals surface area contributed by atoms with Gasteiger partial charge in [-0.15, -0.1) is 5.10 Å². The summed E-state index contributed by atoms with van der Waals surface area (Å²) in [4.78, 5) is 0. The van der Waals surface area contributed by atoms with E-state index in [4.69, 9.17) is 5.84 Å². The topological polar surface area (TPSA) is 68.8 Å². The van der Waals surface area contributed by atoms with Crippen LogP contribution in [0.1, 0.15) is 22.9 Å². The molecule has 0 aliphatic heterocycles. The van der Waals surface area contributed by atoms with Crippen LogP contribution in [0.4, 0.5) is 0 Å². The van der Waals surface area contributed by atoms with Crippen molar-refractivity contribution in [2.75, 3.05) is 0 Å². The number of nitrogens with two attached hydrogens (primary N) is 1. The third-order valence-corrected chi connectivity index (χ3v) is 3.48. The summed E-state index contributed by atoms with van der Waals surface area (Å²) in [7, 11) is 1.85. The molecule has 5 nitrogen and oxygen atoms in total. The van der Waals surface area contributed by atoms with Crippen LogP contribution in [0.15, 0.2) is 28.9 Å². The highest BCUT2D eigenvalue weighted by Gasteiger charge is 2.15. The summed E-state index contributed by atoms with van der Waals surface area (Å²) in [5, 5.41) is 8.00. The molecule has 96 valence electrons. The molecule has 18 heavy (non-hydrogen) atoms. The van der Waals surface area contributed by atoms with Crippen molar-refractivity contribution in [1.82, 2.24) is 20.4 Å². The molecule has 0 spiro atoms. The molecule has 3 N–H and O–H groups in total. The van der Waals surface area contributed by atoms with Crippen molar-refractivity contribution in [2.45, 2.75) is 19.4 Å². The summed E-state index contributed by atoms with van der Waals surface area (Å²) in [5.41, 5.74) is 6.07. The van der Waals surface area contributed by atoms with Gasteiger partial charge in [-0.2, -0.15) is 0 Å². The summed E-state index contributed by atoms with van der Waals surface area (Å²) in [6.45, 7) is 2.06. The Morgan fingerprint density at radius 1 is 1.50 bits per heavy atom. The zero-order valence-electron chi connectivity index (χ0n) is 10.4. The molecule has 0 aliphatic carbocycles. The number of aromatic nitrogens is 3. The number of nitrogens with zero attached hydrogens (tertiary/aromatic N) is 3. The molecule has 1 aromatic heterocycles. The maximum absolute atomic E-state index is 5.64. The second kappa shape index (κ2) is 5.60. The molecule has 1 aromatic carbocycles. The maximum Gasteiger partial charge on any atom is 0.0846 e. The number of benzene rings is 1. The first-order chi connectivity index (χ1) is 8.60. The van der Waals surface area contributed by atoms with E-state index in [0.29, 0.717) is 6.42 Å². The molecule has 0 saturated carbocycles. The highest BCUT2D eigenvalue weighted by atomic mass is 79.9. The number of halogens is 1. The van der Waals surface area contributed by atoms with Crippen LogP contribution in [-0.2, 0) is 13.5 Å². The van der Waals surface area contributed by atoms with Crippen LogP contribution in [0, 0.1) is 6.92 Å². The van der Waals surface area contributed by atoms with Gasteiger partial charge >= 0.3 is 0 Å². The molecule has 0 saturated heterocycles. The standard InChI is InChI=1S/C12H16BrN5/c1-8-3-4-10(11(13)5-8)12(15-14)6-9-7-18(2)17-16-9/h3-5,7,12,15H,6,14H2,1-2H3. The number of hydrogen-bond donors (Lipinski definition) is 2. The summed E-state index contributed by atoms with van der Waals surface area (Å²) >= 11 is 3.57. The Kier molecular flexibility index (Phi) is 4.11. The van der Waals surface area contributed by atoms with E-state index in [2.05, 4.69) is 56.8 Å². The molecule has 0 fully saturated rings. The van der Waals surface area contributed by atoms with E-state index in [1.165, 1.54) is 5.56 Å². The van der Waals surface area contributed by atoms with E-state index < -0.39 is 0 Å². The molecule has 1 unspecified atom stereocenters. The fourth-order valence-electron chi connectivity index (χ4n) is 1.87. The van der Waals surface area contributed by atoms with Crippen molar-refractivity contribution in [3.8, 4) is 0 Å². The van der Waals surface area contributed by atoms with Gasteiger partial charge in [0.05, 0.1) is 11.7 Å². The van der Waals surface area contributed by atoms with Gasteiger partial charge in [0.25, 0.3) is 0 Å². The minimum atomic E-state index is 0.0108. The Bertz CT molecular complexity index is 537. The van der Waals surface area contributed by atoms with Crippen LogP contribution < -0.4 is 11.3 Å². The predicted molar refractivity (Wildman–Crippen MR) is 73.7 cm³/mol. The van der Waals surface area contributed by atoms with Crippen molar-refractivity contribution in [3.05, 3.63) is 45.7 Å². The van der Waals surface area contributed by atoms with Crippen molar-refractivity contribution in [1.29, 1.82) is 0 Å². The van der Waals surface area contributed by atoms with Gasteiger partial charge in [-0.3, -0.25) is 16.0 Å². The third kappa shape index (κ3) is 2.95. The first-order valence-electron chi connectivity index (χ1n) is 5.67. The number of nitrogens with one attached hydrogen (secondary N) is 1. The average Bonchev–Trinajstić information content (AvgIpc) is 2.72. The summed E-state index contributed by atoms with van der Waals surface area (Å²) in [6.07, 6.45) is 2.60. The van der Waals surface area contributed by atoms with Crippen LogP contribution in [0.3, 0.4) is 0 Å². The van der Waals surface area contributed by atoms with Gasteiger partial charge in [-0.05, 0) is 24.1 Å². The quantitative estimate of drug-likeness (QED) is 0.665. The molecule has 2 rings (SSSR count). The van der Waals surface area contributed by atoms with E-state index in [0.717, 1.165) is 15.7 Å². The Labute approximate surface area is 114 Å². The third-order valence-electron chi connectivity index (χ3n) is 2.80. The summed E-state index contributed by atoms with van der Waals surface area (Å²) in [6, 6.07) is 6.23. The second-order valence-electron chi connectivity index (χ2n) is 4.33. The van der Waals surface area contributed by atoms with Crippen LogP contribution in [-0.4, -0.2) is 15.0 Å². The fraction of sp³-hybridized carbons (Fsp3) is 0.333. The minimum absolute atomic E-state index is 0.0108. The lowest BCUT2D eigenvalue weighted by molar-refractivity contribution is 0.543. The van der Waals surface area contributed by atoms with Crippen molar-refractivity contribution < 1.29 is 0 Å². The molecule has 1 heterocycles. The van der Waals surface area contributed by atoms with Gasteiger partial charge in [0.15, 0.2) is 0 Å². The van der Waals surface area contributed by atoms with Crippen molar-refractivity contribution >= 4 is 15.9 Å². The number of rotatable bonds is 4. The molecule has 0 radical (unpaired) electrons. The number of aryl methyl sites for hydroxylation is 2. The van der Waals surface area contributed by atoms with Gasteiger partial charge in [0, 0.05) is 24.1 Å². The first kappa shape index (κ1) is 13.2. The lowest BCUT2D eigenvalue weighted by Crippen LogP contribution is -2.30.